The van der Waals surface area contributed by atoms with Gasteiger partial charge in [0.1, 0.15) is 11.6 Å². The average Bonchev–Trinajstić information content (AvgIpc) is 2.37. The number of rotatable bonds is 2. The van der Waals surface area contributed by atoms with Gasteiger partial charge in [-0.25, -0.2) is 8.78 Å². The topological polar surface area (TPSA) is 26.0 Å². The zero-order chi connectivity index (χ0) is 14.9. The molecule has 2 N–H and O–H groups in total. The minimum absolute atomic E-state index is 0.0596. The Kier molecular flexibility index (Phi) is 3.76. The van der Waals surface area contributed by atoms with E-state index in [-0.39, 0.29) is 5.56 Å². The molecule has 0 saturated heterocycles. The number of halogens is 5. The zero-order valence-electron chi connectivity index (χ0n) is 10.1. The van der Waals surface area contributed by atoms with E-state index in [9.17, 15) is 22.0 Å². The summed E-state index contributed by atoms with van der Waals surface area (Å²) in [5, 5.41) is 0. The van der Waals surface area contributed by atoms with Crippen molar-refractivity contribution in [3.63, 3.8) is 0 Å². The summed E-state index contributed by atoms with van der Waals surface area (Å²) in [5.41, 5.74) is 4.77. The number of hydrogen-bond acceptors (Lipinski definition) is 1. The Balaban J connectivity index is 2.43. The van der Waals surface area contributed by atoms with Crippen LogP contribution in [-0.2, 0) is 6.18 Å². The number of hydrogen-bond donors (Lipinski definition) is 1. The van der Waals surface area contributed by atoms with Crippen LogP contribution < -0.4 is 5.73 Å². The van der Waals surface area contributed by atoms with E-state index in [2.05, 4.69) is 0 Å². The molecule has 6 heteroatoms. The molecular formula is C14H10F5N. The molecule has 0 amide bonds. The molecule has 2 aromatic carbocycles. The Morgan fingerprint density at radius 2 is 1.55 bits per heavy atom. The number of alkyl halides is 3. The lowest BCUT2D eigenvalue weighted by Crippen LogP contribution is -2.15. The molecule has 2 rings (SSSR count). The van der Waals surface area contributed by atoms with E-state index in [4.69, 9.17) is 5.73 Å². The molecule has 0 aromatic heterocycles. The summed E-state index contributed by atoms with van der Waals surface area (Å²) in [7, 11) is 0. The van der Waals surface area contributed by atoms with Crippen molar-refractivity contribution in [2.45, 2.75) is 12.2 Å². The zero-order valence-corrected chi connectivity index (χ0v) is 10.1. The second-order valence-corrected chi connectivity index (χ2v) is 4.27. The first kappa shape index (κ1) is 14.5. The van der Waals surface area contributed by atoms with Gasteiger partial charge in [0.2, 0.25) is 0 Å². The van der Waals surface area contributed by atoms with Crippen molar-refractivity contribution in [1.29, 1.82) is 0 Å². The normalized spacial score (nSPS) is 13.3. The van der Waals surface area contributed by atoms with Gasteiger partial charge < -0.3 is 5.73 Å². The highest BCUT2D eigenvalue weighted by atomic mass is 19.4. The van der Waals surface area contributed by atoms with Crippen LogP contribution in [0.1, 0.15) is 22.7 Å². The molecule has 0 aliphatic rings. The van der Waals surface area contributed by atoms with Gasteiger partial charge in [-0.05, 0) is 35.4 Å². The molecule has 2 aromatic rings. The van der Waals surface area contributed by atoms with Crippen molar-refractivity contribution < 1.29 is 22.0 Å². The maximum atomic E-state index is 13.2. The molecule has 106 valence electrons. The van der Waals surface area contributed by atoms with Gasteiger partial charge in [-0.2, -0.15) is 13.2 Å². The maximum absolute atomic E-state index is 13.2. The summed E-state index contributed by atoms with van der Waals surface area (Å²) in [6.45, 7) is 0. The van der Waals surface area contributed by atoms with Gasteiger partial charge in [0, 0.05) is 0 Å². The highest BCUT2D eigenvalue weighted by Crippen LogP contribution is 2.33. The number of benzene rings is 2. The minimum Gasteiger partial charge on any atom is -0.320 e. The van der Waals surface area contributed by atoms with Crippen LogP contribution in [0.25, 0.3) is 0 Å². The molecular weight excluding hydrogens is 277 g/mol. The van der Waals surface area contributed by atoms with E-state index in [0.717, 1.165) is 12.1 Å². The van der Waals surface area contributed by atoms with Crippen LogP contribution in [0.15, 0.2) is 42.5 Å². The summed E-state index contributed by atoms with van der Waals surface area (Å²) >= 11 is 0. The van der Waals surface area contributed by atoms with Gasteiger partial charge in [-0.3, -0.25) is 0 Å². The molecule has 0 heterocycles. The lowest BCUT2D eigenvalue weighted by atomic mass is 9.97. The van der Waals surface area contributed by atoms with Crippen LogP contribution in [-0.4, -0.2) is 0 Å². The summed E-state index contributed by atoms with van der Waals surface area (Å²) in [6, 6.07) is 6.75. The first-order valence-corrected chi connectivity index (χ1v) is 5.66. The van der Waals surface area contributed by atoms with Crippen molar-refractivity contribution in [2.24, 2.45) is 5.73 Å². The van der Waals surface area contributed by atoms with Gasteiger partial charge in [0.05, 0.1) is 11.6 Å². The molecule has 0 aliphatic heterocycles. The Hall–Kier alpha value is -1.95. The third-order valence-electron chi connectivity index (χ3n) is 2.86. The van der Waals surface area contributed by atoms with Gasteiger partial charge in [-0.15, -0.1) is 0 Å². The van der Waals surface area contributed by atoms with Crippen LogP contribution in [0.5, 0.6) is 0 Å². The summed E-state index contributed by atoms with van der Waals surface area (Å²) < 4.78 is 64.1. The third-order valence-corrected chi connectivity index (χ3v) is 2.86. The van der Waals surface area contributed by atoms with Crippen LogP contribution in [0.4, 0.5) is 22.0 Å². The molecule has 0 bridgehead atoms. The molecule has 0 radical (unpaired) electrons. The maximum Gasteiger partial charge on any atom is 0.419 e. The van der Waals surface area contributed by atoms with Crippen molar-refractivity contribution in [3.8, 4) is 0 Å². The molecule has 0 spiro atoms. The Labute approximate surface area is 111 Å². The molecule has 0 aliphatic carbocycles. The quantitative estimate of drug-likeness (QED) is 0.829. The highest BCUT2D eigenvalue weighted by Gasteiger charge is 2.34. The SMILES string of the molecule is NC(c1cccc(F)c1)c1ccc(F)c(C(F)(F)F)c1. The van der Waals surface area contributed by atoms with Gasteiger partial charge in [0.25, 0.3) is 0 Å². The smallest absolute Gasteiger partial charge is 0.320 e. The molecule has 1 nitrogen and oxygen atoms in total. The Morgan fingerprint density at radius 3 is 2.15 bits per heavy atom. The van der Waals surface area contributed by atoms with E-state index in [1.54, 1.807) is 0 Å². The Morgan fingerprint density at radius 1 is 0.900 bits per heavy atom. The molecule has 0 fully saturated rings. The van der Waals surface area contributed by atoms with E-state index in [1.807, 2.05) is 0 Å². The van der Waals surface area contributed by atoms with E-state index in [1.165, 1.54) is 18.2 Å². The summed E-state index contributed by atoms with van der Waals surface area (Å²) in [5.74, 6) is -1.91. The monoisotopic (exact) mass is 287 g/mol. The lowest BCUT2D eigenvalue weighted by Gasteiger charge is -2.15. The van der Waals surface area contributed by atoms with Gasteiger partial charge in [0.15, 0.2) is 0 Å². The van der Waals surface area contributed by atoms with E-state index in [0.29, 0.717) is 17.7 Å². The van der Waals surface area contributed by atoms with Crippen molar-refractivity contribution in [1.82, 2.24) is 0 Å². The van der Waals surface area contributed by atoms with Gasteiger partial charge >= 0.3 is 6.18 Å². The minimum atomic E-state index is -4.80. The lowest BCUT2D eigenvalue weighted by molar-refractivity contribution is -0.140. The third kappa shape index (κ3) is 2.96. The fourth-order valence-corrected chi connectivity index (χ4v) is 1.85. The van der Waals surface area contributed by atoms with Gasteiger partial charge in [-0.1, -0.05) is 18.2 Å². The first-order chi connectivity index (χ1) is 9.29. The molecule has 20 heavy (non-hydrogen) atoms. The van der Waals surface area contributed by atoms with Crippen LogP contribution in [0, 0.1) is 11.6 Å². The first-order valence-electron chi connectivity index (χ1n) is 5.66. The van der Waals surface area contributed by atoms with Crippen molar-refractivity contribution in [3.05, 3.63) is 70.8 Å². The van der Waals surface area contributed by atoms with Crippen molar-refractivity contribution >= 4 is 0 Å². The van der Waals surface area contributed by atoms with Crippen LogP contribution in [0.3, 0.4) is 0 Å². The largest absolute Gasteiger partial charge is 0.419 e. The van der Waals surface area contributed by atoms with E-state index < -0.39 is 29.4 Å². The second-order valence-electron chi connectivity index (χ2n) is 4.27. The summed E-state index contributed by atoms with van der Waals surface area (Å²) in [6.07, 6.45) is -4.80. The highest BCUT2D eigenvalue weighted by molar-refractivity contribution is 5.35. The molecule has 1 atom stereocenters. The molecule has 1 unspecified atom stereocenters. The number of nitrogens with two attached hydrogens (primary N) is 1. The predicted octanol–water partition coefficient (Wildman–Crippen LogP) is 4.03. The Bertz CT molecular complexity index is 621. The standard InChI is InChI=1S/C14H10F5N/c15-10-3-1-2-8(6-10)13(20)9-4-5-12(16)11(7-9)14(17,18)19/h1-7,13H,20H2. The van der Waals surface area contributed by atoms with E-state index >= 15 is 0 Å². The van der Waals surface area contributed by atoms with Crippen molar-refractivity contribution in [2.75, 3.05) is 0 Å². The fourth-order valence-electron chi connectivity index (χ4n) is 1.85. The van der Waals surface area contributed by atoms with Crippen LogP contribution >= 0.6 is 0 Å². The summed E-state index contributed by atoms with van der Waals surface area (Å²) in [4.78, 5) is 0. The predicted molar refractivity (Wildman–Crippen MR) is 63.8 cm³/mol. The fraction of sp³-hybridized carbons (Fsp3) is 0.143. The van der Waals surface area contributed by atoms with Crippen LogP contribution in [0.2, 0.25) is 0 Å². The average molecular weight is 287 g/mol. The second kappa shape index (κ2) is 5.20. The molecule has 0 saturated carbocycles.